The average Bonchev–Trinajstić information content (AvgIpc) is 2.46. The molecular formula is C15H18N2O2. The first-order valence-corrected chi connectivity index (χ1v) is 6.25. The molecule has 0 amide bonds. The molecule has 1 aromatic carbocycles. The molecular weight excluding hydrogens is 240 g/mol. The van der Waals surface area contributed by atoms with Crippen LogP contribution >= 0.6 is 0 Å². The highest BCUT2D eigenvalue weighted by atomic mass is 16.5. The van der Waals surface area contributed by atoms with Gasteiger partial charge >= 0.3 is 0 Å². The van der Waals surface area contributed by atoms with Crippen molar-refractivity contribution in [2.45, 2.75) is 13.0 Å². The van der Waals surface area contributed by atoms with E-state index in [9.17, 15) is 5.11 Å². The van der Waals surface area contributed by atoms with Crippen molar-refractivity contribution in [3.8, 4) is 11.5 Å². The minimum Gasteiger partial charge on any atom is -0.504 e. The van der Waals surface area contributed by atoms with Gasteiger partial charge in [0.1, 0.15) is 0 Å². The summed E-state index contributed by atoms with van der Waals surface area (Å²) >= 11 is 0. The lowest BCUT2D eigenvalue weighted by Crippen LogP contribution is -2.16. The Morgan fingerprint density at radius 2 is 1.95 bits per heavy atom. The van der Waals surface area contributed by atoms with Gasteiger partial charge in [0, 0.05) is 18.9 Å². The number of methoxy groups -OCH3 is 1. The number of pyridine rings is 1. The molecule has 0 saturated heterocycles. The Hall–Kier alpha value is -2.07. The second kappa shape index (κ2) is 6.75. The Bertz CT molecular complexity index is 515. The van der Waals surface area contributed by atoms with Crippen molar-refractivity contribution in [1.29, 1.82) is 0 Å². The highest BCUT2D eigenvalue weighted by molar-refractivity contribution is 5.41. The van der Waals surface area contributed by atoms with Gasteiger partial charge in [-0.2, -0.15) is 0 Å². The summed E-state index contributed by atoms with van der Waals surface area (Å²) in [6.45, 7) is 1.65. The number of phenolic OH excluding ortho intramolecular Hbond substituents is 1. The molecule has 0 aliphatic carbocycles. The SMILES string of the molecule is COc1cc(CNCCc2ccncc2)ccc1O. The van der Waals surface area contributed by atoms with E-state index in [1.54, 1.807) is 25.6 Å². The zero-order chi connectivity index (χ0) is 13.5. The van der Waals surface area contributed by atoms with Crippen LogP contribution in [0.25, 0.3) is 0 Å². The molecule has 19 heavy (non-hydrogen) atoms. The minimum atomic E-state index is 0.169. The molecule has 4 heteroatoms. The third kappa shape index (κ3) is 3.96. The molecule has 2 rings (SSSR count). The monoisotopic (exact) mass is 258 g/mol. The lowest BCUT2D eigenvalue weighted by Gasteiger charge is -2.08. The number of nitrogens with zero attached hydrogens (tertiary/aromatic N) is 1. The number of aromatic hydroxyl groups is 1. The third-order valence-electron chi connectivity index (χ3n) is 2.91. The van der Waals surface area contributed by atoms with E-state index in [0.717, 1.165) is 25.1 Å². The van der Waals surface area contributed by atoms with Crippen molar-refractivity contribution >= 4 is 0 Å². The van der Waals surface area contributed by atoms with Crippen molar-refractivity contribution in [3.05, 3.63) is 53.9 Å². The molecule has 0 saturated carbocycles. The molecule has 1 aromatic heterocycles. The number of aromatic nitrogens is 1. The standard InChI is InChI=1S/C15H18N2O2/c1-19-15-10-13(2-3-14(15)18)11-17-9-6-12-4-7-16-8-5-12/h2-5,7-8,10,17-18H,6,9,11H2,1H3. The maximum Gasteiger partial charge on any atom is 0.160 e. The first-order valence-electron chi connectivity index (χ1n) is 6.25. The molecule has 2 aromatic rings. The van der Waals surface area contributed by atoms with Crippen molar-refractivity contribution in [3.63, 3.8) is 0 Å². The third-order valence-corrected chi connectivity index (χ3v) is 2.91. The maximum absolute atomic E-state index is 9.50. The van der Waals surface area contributed by atoms with E-state index in [2.05, 4.69) is 10.3 Å². The zero-order valence-corrected chi connectivity index (χ0v) is 11.0. The maximum atomic E-state index is 9.50. The number of nitrogens with one attached hydrogen (secondary N) is 1. The van der Waals surface area contributed by atoms with Gasteiger partial charge in [-0.05, 0) is 48.4 Å². The normalized spacial score (nSPS) is 10.4. The van der Waals surface area contributed by atoms with Crippen LogP contribution in [0.3, 0.4) is 0 Å². The van der Waals surface area contributed by atoms with Gasteiger partial charge < -0.3 is 15.2 Å². The first-order chi connectivity index (χ1) is 9.29. The minimum absolute atomic E-state index is 0.169. The van der Waals surface area contributed by atoms with E-state index in [4.69, 9.17) is 4.74 Å². The second-order valence-corrected chi connectivity index (χ2v) is 4.29. The molecule has 0 atom stereocenters. The van der Waals surface area contributed by atoms with Crippen LogP contribution in [-0.2, 0) is 13.0 Å². The van der Waals surface area contributed by atoms with Crippen LogP contribution in [0.15, 0.2) is 42.7 Å². The first kappa shape index (κ1) is 13.4. The fourth-order valence-electron chi connectivity index (χ4n) is 1.85. The van der Waals surface area contributed by atoms with Crippen molar-refractivity contribution in [1.82, 2.24) is 10.3 Å². The lowest BCUT2D eigenvalue weighted by atomic mass is 10.2. The van der Waals surface area contributed by atoms with E-state index in [1.807, 2.05) is 24.3 Å². The fraction of sp³-hybridized carbons (Fsp3) is 0.267. The van der Waals surface area contributed by atoms with Gasteiger partial charge in [0.2, 0.25) is 0 Å². The van der Waals surface area contributed by atoms with E-state index in [1.165, 1.54) is 5.56 Å². The van der Waals surface area contributed by atoms with Gasteiger partial charge in [0.15, 0.2) is 11.5 Å². The van der Waals surface area contributed by atoms with Crippen LogP contribution in [0.5, 0.6) is 11.5 Å². The predicted molar refractivity (Wildman–Crippen MR) is 74.3 cm³/mol. The summed E-state index contributed by atoms with van der Waals surface area (Å²) in [6, 6.07) is 9.42. The summed E-state index contributed by atoms with van der Waals surface area (Å²) < 4.78 is 5.08. The number of ether oxygens (including phenoxy) is 1. The van der Waals surface area contributed by atoms with Crippen LogP contribution in [0.2, 0.25) is 0 Å². The molecule has 4 nitrogen and oxygen atoms in total. The molecule has 0 fully saturated rings. The van der Waals surface area contributed by atoms with E-state index in [0.29, 0.717) is 5.75 Å². The number of benzene rings is 1. The van der Waals surface area contributed by atoms with Crippen molar-refractivity contribution < 1.29 is 9.84 Å². The molecule has 0 unspecified atom stereocenters. The summed E-state index contributed by atoms with van der Waals surface area (Å²) in [5, 5.41) is 12.9. The molecule has 0 aliphatic heterocycles. The second-order valence-electron chi connectivity index (χ2n) is 4.29. The number of hydrogen-bond acceptors (Lipinski definition) is 4. The van der Waals surface area contributed by atoms with E-state index >= 15 is 0 Å². The van der Waals surface area contributed by atoms with Gasteiger partial charge in [-0.1, -0.05) is 6.07 Å². The van der Waals surface area contributed by atoms with Gasteiger partial charge in [0.25, 0.3) is 0 Å². The van der Waals surface area contributed by atoms with Crippen LogP contribution in [0.1, 0.15) is 11.1 Å². The van der Waals surface area contributed by atoms with Gasteiger partial charge in [-0.15, -0.1) is 0 Å². The topological polar surface area (TPSA) is 54.4 Å². The molecule has 2 N–H and O–H groups in total. The van der Waals surface area contributed by atoms with Crippen LogP contribution in [0.4, 0.5) is 0 Å². The molecule has 0 radical (unpaired) electrons. The Morgan fingerprint density at radius 1 is 1.16 bits per heavy atom. The zero-order valence-electron chi connectivity index (χ0n) is 11.0. The van der Waals surface area contributed by atoms with Gasteiger partial charge in [-0.25, -0.2) is 0 Å². The predicted octanol–water partition coefficient (Wildman–Crippen LogP) is 2.13. The molecule has 0 aliphatic rings. The Kier molecular flexibility index (Phi) is 4.75. The summed E-state index contributed by atoms with van der Waals surface area (Å²) in [4.78, 5) is 3.99. The quantitative estimate of drug-likeness (QED) is 0.779. The summed E-state index contributed by atoms with van der Waals surface area (Å²) in [6.07, 6.45) is 4.58. The average molecular weight is 258 g/mol. The Labute approximate surface area is 113 Å². The van der Waals surface area contributed by atoms with E-state index in [-0.39, 0.29) is 5.75 Å². The number of hydrogen-bond donors (Lipinski definition) is 2. The van der Waals surface area contributed by atoms with E-state index < -0.39 is 0 Å². The van der Waals surface area contributed by atoms with Crippen LogP contribution < -0.4 is 10.1 Å². The molecule has 0 spiro atoms. The van der Waals surface area contributed by atoms with Crippen LogP contribution in [-0.4, -0.2) is 23.7 Å². The highest BCUT2D eigenvalue weighted by Crippen LogP contribution is 2.26. The summed E-state index contributed by atoms with van der Waals surface area (Å²) in [5.74, 6) is 0.677. The van der Waals surface area contributed by atoms with Gasteiger partial charge in [-0.3, -0.25) is 4.98 Å². The highest BCUT2D eigenvalue weighted by Gasteiger charge is 2.02. The molecule has 1 heterocycles. The number of rotatable bonds is 6. The largest absolute Gasteiger partial charge is 0.504 e. The fourth-order valence-corrected chi connectivity index (χ4v) is 1.85. The van der Waals surface area contributed by atoms with Crippen molar-refractivity contribution in [2.24, 2.45) is 0 Å². The van der Waals surface area contributed by atoms with Crippen molar-refractivity contribution in [2.75, 3.05) is 13.7 Å². The Balaban J connectivity index is 1.80. The lowest BCUT2D eigenvalue weighted by molar-refractivity contribution is 0.373. The van der Waals surface area contributed by atoms with Crippen LogP contribution in [0, 0.1) is 0 Å². The molecule has 0 bridgehead atoms. The number of phenols is 1. The Morgan fingerprint density at radius 3 is 2.68 bits per heavy atom. The summed E-state index contributed by atoms with van der Waals surface area (Å²) in [5.41, 5.74) is 2.36. The summed E-state index contributed by atoms with van der Waals surface area (Å²) in [7, 11) is 1.55. The van der Waals surface area contributed by atoms with Gasteiger partial charge in [0.05, 0.1) is 7.11 Å². The molecule has 100 valence electrons. The smallest absolute Gasteiger partial charge is 0.160 e.